The van der Waals surface area contributed by atoms with Gasteiger partial charge in [-0.05, 0) is 45.9 Å². The maximum absolute atomic E-state index is 10.3. The SMILES string of the molecule is Cc1ccsc1C(O)c1cccc(Br)c1Cl. The molecule has 0 saturated heterocycles. The fraction of sp³-hybridized carbons (Fsp3) is 0.167. The Kier molecular flexibility index (Phi) is 3.70. The lowest BCUT2D eigenvalue weighted by molar-refractivity contribution is 0.223. The van der Waals surface area contributed by atoms with Crippen LogP contribution in [0, 0.1) is 6.92 Å². The van der Waals surface area contributed by atoms with Gasteiger partial charge in [0.05, 0.1) is 5.02 Å². The Hall–Kier alpha value is -0.350. The summed E-state index contributed by atoms with van der Waals surface area (Å²) in [5.74, 6) is 0. The quantitative estimate of drug-likeness (QED) is 0.861. The van der Waals surface area contributed by atoms with E-state index in [0.29, 0.717) is 5.02 Å². The molecule has 1 atom stereocenters. The van der Waals surface area contributed by atoms with Crippen molar-refractivity contribution in [1.29, 1.82) is 0 Å². The predicted octanol–water partition coefficient (Wildman–Crippen LogP) is 4.55. The summed E-state index contributed by atoms with van der Waals surface area (Å²) >= 11 is 11.1. The van der Waals surface area contributed by atoms with Gasteiger partial charge in [-0.1, -0.05) is 23.7 Å². The van der Waals surface area contributed by atoms with Gasteiger partial charge < -0.3 is 5.11 Å². The Morgan fingerprint density at radius 1 is 1.38 bits per heavy atom. The highest BCUT2D eigenvalue weighted by Crippen LogP contribution is 2.36. The first-order valence-corrected chi connectivity index (χ1v) is 6.82. The molecule has 1 aromatic carbocycles. The number of benzene rings is 1. The van der Waals surface area contributed by atoms with Crippen molar-refractivity contribution in [1.82, 2.24) is 0 Å². The van der Waals surface area contributed by atoms with E-state index in [1.807, 2.05) is 36.6 Å². The van der Waals surface area contributed by atoms with Gasteiger partial charge in [-0.15, -0.1) is 11.3 Å². The van der Waals surface area contributed by atoms with Crippen molar-refractivity contribution >= 4 is 38.9 Å². The predicted molar refractivity (Wildman–Crippen MR) is 72.3 cm³/mol. The van der Waals surface area contributed by atoms with Crippen LogP contribution in [0.25, 0.3) is 0 Å². The summed E-state index contributed by atoms with van der Waals surface area (Å²) in [5.41, 5.74) is 1.83. The van der Waals surface area contributed by atoms with Gasteiger partial charge in [0.15, 0.2) is 0 Å². The zero-order valence-electron chi connectivity index (χ0n) is 8.58. The van der Waals surface area contributed by atoms with E-state index in [1.54, 1.807) is 11.3 Å². The highest BCUT2D eigenvalue weighted by molar-refractivity contribution is 9.10. The highest BCUT2D eigenvalue weighted by Gasteiger charge is 2.17. The number of rotatable bonds is 2. The Bertz CT molecular complexity index is 509. The molecule has 0 amide bonds. The number of halogens is 2. The monoisotopic (exact) mass is 316 g/mol. The summed E-state index contributed by atoms with van der Waals surface area (Å²) in [4.78, 5) is 0.944. The van der Waals surface area contributed by atoms with Crippen LogP contribution in [-0.2, 0) is 0 Å². The van der Waals surface area contributed by atoms with Crippen LogP contribution in [0.4, 0.5) is 0 Å². The molecule has 16 heavy (non-hydrogen) atoms. The largest absolute Gasteiger partial charge is 0.383 e. The van der Waals surface area contributed by atoms with Crippen molar-refractivity contribution in [3.05, 3.63) is 55.1 Å². The van der Waals surface area contributed by atoms with Gasteiger partial charge in [0.25, 0.3) is 0 Å². The second-order valence-corrected chi connectivity index (χ2v) is 5.69. The van der Waals surface area contributed by atoms with Crippen LogP contribution in [0.2, 0.25) is 5.02 Å². The van der Waals surface area contributed by atoms with Gasteiger partial charge in [-0.2, -0.15) is 0 Å². The Balaban J connectivity index is 2.46. The van der Waals surface area contributed by atoms with Crippen LogP contribution >= 0.6 is 38.9 Å². The Labute approximate surface area is 112 Å². The molecule has 0 fully saturated rings. The van der Waals surface area contributed by atoms with Gasteiger partial charge in [0, 0.05) is 14.9 Å². The molecule has 0 spiro atoms. The van der Waals surface area contributed by atoms with Gasteiger partial charge >= 0.3 is 0 Å². The number of thiophene rings is 1. The zero-order valence-corrected chi connectivity index (χ0v) is 11.7. The van der Waals surface area contributed by atoms with E-state index in [1.165, 1.54) is 0 Å². The molecule has 1 unspecified atom stereocenters. The lowest BCUT2D eigenvalue weighted by Gasteiger charge is -2.13. The second-order valence-electron chi connectivity index (χ2n) is 3.51. The molecule has 0 bridgehead atoms. The Morgan fingerprint density at radius 2 is 2.12 bits per heavy atom. The maximum Gasteiger partial charge on any atom is 0.115 e. The Morgan fingerprint density at radius 3 is 2.75 bits per heavy atom. The second kappa shape index (κ2) is 4.88. The third kappa shape index (κ3) is 2.18. The van der Waals surface area contributed by atoms with Gasteiger partial charge in [-0.3, -0.25) is 0 Å². The van der Waals surface area contributed by atoms with Crippen LogP contribution in [0.3, 0.4) is 0 Å². The first-order chi connectivity index (χ1) is 7.61. The molecule has 0 aliphatic carbocycles. The summed E-state index contributed by atoms with van der Waals surface area (Å²) in [5, 5.41) is 12.8. The summed E-state index contributed by atoms with van der Waals surface area (Å²) in [6.07, 6.45) is -0.648. The molecule has 0 aliphatic rings. The lowest BCUT2D eigenvalue weighted by Crippen LogP contribution is -1.99. The van der Waals surface area contributed by atoms with Crippen molar-refractivity contribution in [2.24, 2.45) is 0 Å². The maximum atomic E-state index is 10.3. The summed E-state index contributed by atoms with van der Waals surface area (Å²) in [6, 6.07) is 7.57. The summed E-state index contributed by atoms with van der Waals surface area (Å²) < 4.78 is 0.805. The molecule has 0 radical (unpaired) electrons. The smallest absolute Gasteiger partial charge is 0.115 e. The van der Waals surface area contributed by atoms with Crippen molar-refractivity contribution in [3.63, 3.8) is 0 Å². The van der Waals surface area contributed by atoms with Gasteiger partial charge in [0.1, 0.15) is 6.10 Å². The van der Waals surface area contributed by atoms with Crippen molar-refractivity contribution in [2.45, 2.75) is 13.0 Å². The minimum Gasteiger partial charge on any atom is -0.383 e. The molecule has 1 nitrogen and oxygen atoms in total. The third-order valence-electron chi connectivity index (χ3n) is 2.43. The molecule has 4 heteroatoms. The highest BCUT2D eigenvalue weighted by atomic mass is 79.9. The average molecular weight is 318 g/mol. The number of aryl methyl sites for hydroxylation is 1. The van der Waals surface area contributed by atoms with Crippen LogP contribution in [-0.4, -0.2) is 5.11 Å². The number of hydrogen-bond donors (Lipinski definition) is 1. The van der Waals surface area contributed by atoms with Gasteiger partial charge in [-0.25, -0.2) is 0 Å². The topological polar surface area (TPSA) is 20.2 Å². The molecule has 84 valence electrons. The summed E-state index contributed by atoms with van der Waals surface area (Å²) in [7, 11) is 0. The van der Waals surface area contributed by atoms with E-state index in [-0.39, 0.29) is 0 Å². The first kappa shape index (κ1) is 12.1. The summed E-state index contributed by atoms with van der Waals surface area (Å²) in [6.45, 7) is 1.99. The minimum atomic E-state index is -0.648. The number of aliphatic hydroxyl groups excluding tert-OH is 1. The number of aliphatic hydroxyl groups is 1. The standard InChI is InChI=1S/C12H10BrClOS/c1-7-5-6-16-12(7)11(15)8-3-2-4-9(13)10(8)14/h2-6,11,15H,1H3. The molecular formula is C12H10BrClOS. The average Bonchev–Trinajstić information content (AvgIpc) is 2.68. The lowest BCUT2D eigenvalue weighted by atomic mass is 10.1. The van der Waals surface area contributed by atoms with E-state index >= 15 is 0 Å². The number of hydrogen-bond acceptors (Lipinski definition) is 2. The molecule has 0 aliphatic heterocycles. The molecule has 1 aromatic heterocycles. The van der Waals surface area contributed by atoms with Crippen LogP contribution in [0.15, 0.2) is 34.1 Å². The van der Waals surface area contributed by atoms with Crippen LogP contribution in [0.5, 0.6) is 0 Å². The van der Waals surface area contributed by atoms with Crippen LogP contribution < -0.4 is 0 Å². The molecule has 2 rings (SSSR count). The van der Waals surface area contributed by atoms with E-state index in [4.69, 9.17) is 11.6 Å². The molecule has 1 heterocycles. The molecule has 2 aromatic rings. The van der Waals surface area contributed by atoms with E-state index < -0.39 is 6.10 Å². The molecule has 1 N–H and O–H groups in total. The third-order valence-corrected chi connectivity index (χ3v) is 4.81. The normalized spacial score (nSPS) is 12.8. The zero-order chi connectivity index (χ0) is 11.7. The molecular weight excluding hydrogens is 308 g/mol. The fourth-order valence-corrected chi connectivity index (χ4v) is 3.08. The van der Waals surface area contributed by atoms with Crippen molar-refractivity contribution < 1.29 is 5.11 Å². The van der Waals surface area contributed by atoms with E-state index in [0.717, 1.165) is 20.5 Å². The van der Waals surface area contributed by atoms with E-state index in [2.05, 4.69) is 15.9 Å². The minimum absolute atomic E-state index is 0.572. The van der Waals surface area contributed by atoms with Gasteiger partial charge in [0.2, 0.25) is 0 Å². The van der Waals surface area contributed by atoms with Crippen molar-refractivity contribution in [3.8, 4) is 0 Å². The van der Waals surface area contributed by atoms with Crippen molar-refractivity contribution in [2.75, 3.05) is 0 Å². The van der Waals surface area contributed by atoms with Crippen LogP contribution in [0.1, 0.15) is 22.1 Å². The fourth-order valence-electron chi connectivity index (χ4n) is 1.54. The van der Waals surface area contributed by atoms with E-state index in [9.17, 15) is 5.11 Å². The molecule has 0 saturated carbocycles. The first-order valence-electron chi connectivity index (χ1n) is 4.77.